The smallest absolute Gasteiger partial charge is 0.262 e. The van der Waals surface area contributed by atoms with E-state index in [1.165, 1.54) is 0 Å². The summed E-state index contributed by atoms with van der Waals surface area (Å²) in [5.41, 5.74) is 1.11. The Balaban J connectivity index is 1.92. The van der Waals surface area contributed by atoms with Crippen LogP contribution in [0.4, 0.5) is 5.69 Å². The SMILES string of the molecule is Cc1ccc(Br)cc1S(=O)(=O)Nc1ccc2c(c1)OCCCO2. The number of anilines is 1. The lowest BCUT2D eigenvalue weighted by atomic mass is 10.2. The molecule has 0 aliphatic carbocycles. The van der Waals surface area contributed by atoms with Gasteiger partial charge in [-0.05, 0) is 36.8 Å². The summed E-state index contributed by atoms with van der Waals surface area (Å²) in [5, 5.41) is 0. The van der Waals surface area contributed by atoms with Gasteiger partial charge in [0.15, 0.2) is 11.5 Å². The number of halogens is 1. The van der Waals surface area contributed by atoms with Gasteiger partial charge >= 0.3 is 0 Å². The molecule has 0 saturated carbocycles. The lowest BCUT2D eigenvalue weighted by molar-refractivity contribution is 0.297. The average molecular weight is 398 g/mol. The fourth-order valence-electron chi connectivity index (χ4n) is 2.30. The van der Waals surface area contributed by atoms with Crippen molar-refractivity contribution in [3.8, 4) is 11.5 Å². The molecule has 1 heterocycles. The summed E-state index contributed by atoms with van der Waals surface area (Å²) in [7, 11) is -3.68. The van der Waals surface area contributed by atoms with Crippen molar-refractivity contribution in [2.75, 3.05) is 17.9 Å². The maximum atomic E-state index is 12.6. The van der Waals surface area contributed by atoms with E-state index in [2.05, 4.69) is 20.7 Å². The van der Waals surface area contributed by atoms with Crippen molar-refractivity contribution in [3.63, 3.8) is 0 Å². The van der Waals surface area contributed by atoms with Gasteiger partial charge in [-0.25, -0.2) is 8.42 Å². The zero-order valence-corrected chi connectivity index (χ0v) is 14.9. The first kappa shape index (κ1) is 16.1. The predicted octanol–water partition coefficient (Wildman–Crippen LogP) is 3.72. The van der Waals surface area contributed by atoms with Crippen LogP contribution in [-0.4, -0.2) is 21.6 Å². The number of benzene rings is 2. The Bertz CT molecular complexity index is 836. The Kier molecular flexibility index (Phi) is 4.50. The molecule has 1 aliphatic rings. The maximum absolute atomic E-state index is 12.6. The van der Waals surface area contributed by atoms with Gasteiger partial charge in [0, 0.05) is 17.0 Å². The molecule has 0 atom stereocenters. The van der Waals surface area contributed by atoms with Crippen molar-refractivity contribution in [2.24, 2.45) is 0 Å². The van der Waals surface area contributed by atoms with Gasteiger partial charge in [-0.1, -0.05) is 22.0 Å². The average Bonchev–Trinajstić information content (AvgIpc) is 2.74. The lowest BCUT2D eigenvalue weighted by Crippen LogP contribution is -2.14. The highest BCUT2D eigenvalue weighted by Gasteiger charge is 2.19. The number of sulfonamides is 1. The predicted molar refractivity (Wildman–Crippen MR) is 91.7 cm³/mol. The molecule has 0 saturated heterocycles. The van der Waals surface area contributed by atoms with Gasteiger partial charge in [0.1, 0.15) is 0 Å². The van der Waals surface area contributed by atoms with E-state index in [1.54, 1.807) is 37.3 Å². The molecule has 122 valence electrons. The van der Waals surface area contributed by atoms with Gasteiger partial charge in [0.25, 0.3) is 10.0 Å². The molecule has 7 heteroatoms. The summed E-state index contributed by atoms with van der Waals surface area (Å²) in [4.78, 5) is 0.235. The van der Waals surface area contributed by atoms with Crippen LogP contribution >= 0.6 is 15.9 Å². The first-order chi connectivity index (χ1) is 11.0. The molecule has 2 aromatic rings. The highest BCUT2D eigenvalue weighted by Crippen LogP contribution is 2.33. The van der Waals surface area contributed by atoms with E-state index in [9.17, 15) is 8.42 Å². The van der Waals surface area contributed by atoms with E-state index in [0.717, 1.165) is 6.42 Å². The highest BCUT2D eigenvalue weighted by atomic mass is 79.9. The summed E-state index contributed by atoms with van der Waals surface area (Å²) < 4.78 is 39.6. The number of rotatable bonds is 3. The van der Waals surface area contributed by atoms with Crippen molar-refractivity contribution in [3.05, 3.63) is 46.4 Å². The van der Waals surface area contributed by atoms with Gasteiger partial charge in [0.2, 0.25) is 0 Å². The van der Waals surface area contributed by atoms with Crippen LogP contribution in [0.1, 0.15) is 12.0 Å². The standard InChI is InChI=1S/C16H16BrNO4S/c1-11-3-4-12(17)9-16(11)23(19,20)18-13-5-6-14-15(10-13)22-8-2-7-21-14/h3-6,9-10,18H,2,7-8H2,1H3. The normalized spacial score (nSPS) is 14.2. The van der Waals surface area contributed by atoms with Gasteiger partial charge in [-0.15, -0.1) is 0 Å². The zero-order chi connectivity index (χ0) is 16.4. The van der Waals surface area contributed by atoms with E-state index < -0.39 is 10.0 Å². The fraction of sp³-hybridized carbons (Fsp3) is 0.250. The molecule has 23 heavy (non-hydrogen) atoms. The number of hydrogen-bond donors (Lipinski definition) is 1. The molecule has 1 N–H and O–H groups in total. The van der Waals surface area contributed by atoms with Crippen LogP contribution in [0.25, 0.3) is 0 Å². The Labute approximate surface area is 143 Å². The summed E-state index contributed by atoms with van der Waals surface area (Å²) in [5.74, 6) is 1.18. The molecule has 0 amide bonds. The number of aryl methyl sites for hydroxylation is 1. The summed E-state index contributed by atoms with van der Waals surface area (Å²) in [6, 6.07) is 10.2. The van der Waals surface area contributed by atoms with Crippen molar-refractivity contribution in [1.29, 1.82) is 0 Å². The third kappa shape index (κ3) is 3.61. The molecule has 3 rings (SSSR count). The first-order valence-electron chi connectivity index (χ1n) is 7.14. The second-order valence-corrected chi connectivity index (χ2v) is 7.79. The molecule has 0 fully saturated rings. The molecular formula is C16H16BrNO4S. The molecule has 0 unspecified atom stereocenters. The third-order valence-corrected chi connectivity index (χ3v) is 5.46. The van der Waals surface area contributed by atoms with Gasteiger partial charge in [-0.3, -0.25) is 4.72 Å². The van der Waals surface area contributed by atoms with E-state index in [1.807, 2.05) is 6.07 Å². The summed E-state index contributed by atoms with van der Waals surface area (Å²) in [6.07, 6.45) is 0.799. The lowest BCUT2D eigenvalue weighted by Gasteiger charge is -2.13. The number of fused-ring (bicyclic) bond motifs is 1. The van der Waals surface area contributed by atoms with Gasteiger partial charge < -0.3 is 9.47 Å². The van der Waals surface area contributed by atoms with Crippen molar-refractivity contribution in [2.45, 2.75) is 18.2 Å². The minimum Gasteiger partial charge on any atom is -0.490 e. The van der Waals surface area contributed by atoms with Crippen LogP contribution in [0.15, 0.2) is 45.8 Å². The Hall–Kier alpha value is -1.73. The van der Waals surface area contributed by atoms with Gasteiger partial charge in [-0.2, -0.15) is 0 Å². The molecule has 0 bridgehead atoms. The second kappa shape index (κ2) is 6.41. The Morgan fingerprint density at radius 2 is 1.78 bits per heavy atom. The van der Waals surface area contributed by atoms with E-state index >= 15 is 0 Å². The van der Waals surface area contributed by atoms with E-state index in [0.29, 0.717) is 40.4 Å². The minimum atomic E-state index is -3.68. The van der Waals surface area contributed by atoms with Crippen LogP contribution in [0.3, 0.4) is 0 Å². The summed E-state index contributed by atoms with van der Waals surface area (Å²) >= 11 is 3.30. The van der Waals surface area contributed by atoms with E-state index in [-0.39, 0.29) is 4.90 Å². The zero-order valence-electron chi connectivity index (χ0n) is 12.5. The molecule has 1 aliphatic heterocycles. The molecule has 0 aromatic heterocycles. The molecular weight excluding hydrogens is 382 g/mol. The molecule has 2 aromatic carbocycles. The number of ether oxygens (including phenoxy) is 2. The molecule has 5 nitrogen and oxygen atoms in total. The highest BCUT2D eigenvalue weighted by molar-refractivity contribution is 9.10. The quantitative estimate of drug-likeness (QED) is 0.856. The largest absolute Gasteiger partial charge is 0.490 e. The van der Waals surface area contributed by atoms with E-state index in [4.69, 9.17) is 9.47 Å². The van der Waals surface area contributed by atoms with Crippen molar-refractivity contribution < 1.29 is 17.9 Å². The Morgan fingerprint density at radius 1 is 1.04 bits per heavy atom. The fourth-order valence-corrected chi connectivity index (χ4v) is 4.13. The van der Waals surface area contributed by atoms with Crippen molar-refractivity contribution in [1.82, 2.24) is 0 Å². The third-order valence-electron chi connectivity index (χ3n) is 3.44. The monoisotopic (exact) mass is 397 g/mol. The Morgan fingerprint density at radius 3 is 2.57 bits per heavy atom. The maximum Gasteiger partial charge on any atom is 0.262 e. The minimum absolute atomic E-state index is 0.235. The van der Waals surface area contributed by atoms with Gasteiger partial charge in [0.05, 0.1) is 23.8 Å². The first-order valence-corrected chi connectivity index (χ1v) is 9.42. The molecule has 0 spiro atoms. The van der Waals surface area contributed by atoms with Crippen molar-refractivity contribution >= 4 is 31.6 Å². The molecule has 0 radical (unpaired) electrons. The number of hydrogen-bond acceptors (Lipinski definition) is 4. The summed E-state index contributed by atoms with van der Waals surface area (Å²) in [6.45, 7) is 2.90. The topological polar surface area (TPSA) is 64.6 Å². The van der Waals surface area contributed by atoms with Crippen LogP contribution in [0.5, 0.6) is 11.5 Å². The second-order valence-electron chi connectivity index (χ2n) is 5.23. The van der Waals surface area contributed by atoms with Crippen LogP contribution in [-0.2, 0) is 10.0 Å². The number of nitrogens with one attached hydrogen (secondary N) is 1. The van der Waals surface area contributed by atoms with Crippen LogP contribution in [0, 0.1) is 6.92 Å². The van der Waals surface area contributed by atoms with Crippen LogP contribution in [0.2, 0.25) is 0 Å². The van der Waals surface area contributed by atoms with Crippen LogP contribution < -0.4 is 14.2 Å².